The molecule has 0 bridgehead atoms. The van der Waals surface area contributed by atoms with Crippen LogP contribution < -0.4 is 0 Å². The maximum absolute atomic E-state index is 10.6. The van der Waals surface area contributed by atoms with Crippen molar-refractivity contribution in [3.63, 3.8) is 0 Å². The zero-order valence-corrected chi connectivity index (χ0v) is 12.8. The largest absolute Gasteiger partial charge is 0.387 e. The van der Waals surface area contributed by atoms with Crippen molar-refractivity contribution in [1.82, 2.24) is 0 Å². The molecule has 0 aromatic heterocycles. The van der Waals surface area contributed by atoms with Crippen molar-refractivity contribution in [2.24, 2.45) is 0 Å². The molecule has 2 aliphatic heterocycles. The number of hydrogen-bond donors (Lipinski definition) is 1. The highest BCUT2D eigenvalue weighted by molar-refractivity contribution is 5.16. The van der Waals surface area contributed by atoms with Crippen molar-refractivity contribution >= 4 is 0 Å². The number of rotatable bonds is 4. The van der Waals surface area contributed by atoms with E-state index < -0.39 is 37.0 Å². The topological polar surface area (TPSA) is 66.4 Å². The van der Waals surface area contributed by atoms with Crippen molar-refractivity contribution in [2.75, 3.05) is 20.3 Å². The Morgan fingerprint density at radius 1 is 1.30 bits per heavy atom. The van der Waals surface area contributed by atoms with Gasteiger partial charge in [-0.05, 0) is 0 Å². The molecule has 23 heavy (non-hydrogen) atoms. The maximum atomic E-state index is 10.6. The Kier molecular flexibility index (Phi) is 5.28. The van der Waals surface area contributed by atoms with Crippen molar-refractivity contribution in [2.45, 2.75) is 37.0 Å². The lowest BCUT2D eigenvalue weighted by atomic mass is 9.97. The van der Waals surface area contributed by atoms with E-state index >= 15 is 0 Å². The second-order valence-electron chi connectivity index (χ2n) is 5.43. The molecule has 2 aliphatic rings. The molecule has 1 aromatic carbocycles. The van der Waals surface area contributed by atoms with E-state index in [0.29, 0.717) is 6.61 Å². The molecule has 6 atom stereocenters. The van der Waals surface area contributed by atoms with Crippen LogP contribution in [0.15, 0.2) is 30.3 Å². The zero-order chi connectivity index (χ0) is 16.2. The minimum atomic E-state index is -0.929. The second-order valence-corrected chi connectivity index (χ2v) is 5.43. The minimum Gasteiger partial charge on any atom is -0.387 e. The van der Waals surface area contributed by atoms with Gasteiger partial charge in [-0.2, -0.15) is 0 Å². The van der Waals surface area contributed by atoms with Crippen molar-refractivity contribution in [1.29, 1.82) is 0 Å². The van der Waals surface area contributed by atoms with Gasteiger partial charge in [-0.3, -0.25) is 0 Å². The molecule has 0 saturated carbocycles. The van der Waals surface area contributed by atoms with Gasteiger partial charge in [0.25, 0.3) is 0 Å². The molecule has 1 unspecified atom stereocenters. The van der Waals surface area contributed by atoms with E-state index in [-0.39, 0.29) is 6.61 Å². The lowest BCUT2D eigenvalue weighted by molar-refractivity contribution is -0.361. The smallest absolute Gasteiger partial charge is 0.186 e. The van der Waals surface area contributed by atoms with Crippen LogP contribution in [0.1, 0.15) is 11.9 Å². The van der Waals surface area contributed by atoms with Gasteiger partial charge in [0, 0.05) is 12.7 Å². The Balaban J connectivity index is 1.74. The Labute approximate surface area is 135 Å². The molecule has 6 heteroatoms. The van der Waals surface area contributed by atoms with Crippen LogP contribution in [0.2, 0.25) is 0 Å². The molecule has 2 saturated heterocycles. The first-order chi connectivity index (χ1) is 11.2. The van der Waals surface area contributed by atoms with Crippen molar-refractivity contribution in [3.05, 3.63) is 35.9 Å². The molecule has 2 fully saturated rings. The van der Waals surface area contributed by atoms with Gasteiger partial charge in [-0.1, -0.05) is 36.3 Å². The van der Waals surface area contributed by atoms with Crippen LogP contribution in [0.3, 0.4) is 0 Å². The normalized spacial score (nSPS) is 36.9. The first kappa shape index (κ1) is 16.4. The molecular weight excluding hydrogens is 300 g/mol. The van der Waals surface area contributed by atoms with Gasteiger partial charge in [0.05, 0.1) is 6.61 Å². The average Bonchev–Trinajstić information content (AvgIpc) is 2.61. The fourth-order valence-electron chi connectivity index (χ4n) is 2.86. The Morgan fingerprint density at radius 3 is 2.78 bits per heavy atom. The predicted octanol–water partition coefficient (Wildman–Crippen LogP) is 0.851. The summed E-state index contributed by atoms with van der Waals surface area (Å²) in [7, 11) is 1.49. The van der Waals surface area contributed by atoms with Crippen LogP contribution in [0.25, 0.3) is 0 Å². The van der Waals surface area contributed by atoms with Gasteiger partial charge < -0.3 is 28.8 Å². The molecule has 2 heterocycles. The molecule has 3 rings (SSSR count). The monoisotopic (exact) mass is 320 g/mol. The van der Waals surface area contributed by atoms with E-state index in [1.807, 2.05) is 30.3 Å². The van der Waals surface area contributed by atoms with Crippen LogP contribution in [0.4, 0.5) is 0 Å². The number of hydrogen-bond acceptors (Lipinski definition) is 6. The fraction of sp³-hybridized carbons (Fsp3) is 0.529. The van der Waals surface area contributed by atoms with E-state index in [9.17, 15) is 5.11 Å². The van der Waals surface area contributed by atoms with Gasteiger partial charge in [-0.25, -0.2) is 0 Å². The van der Waals surface area contributed by atoms with Crippen molar-refractivity contribution in [3.8, 4) is 12.3 Å². The summed E-state index contributed by atoms with van der Waals surface area (Å²) >= 11 is 0. The first-order valence-electron chi connectivity index (χ1n) is 7.48. The maximum Gasteiger partial charge on any atom is 0.186 e. The molecule has 6 nitrogen and oxygen atoms in total. The Hall–Kier alpha value is -1.46. The molecule has 0 radical (unpaired) electrons. The number of aliphatic hydroxyl groups is 1. The van der Waals surface area contributed by atoms with E-state index in [0.717, 1.165) is 5.56 Å². The van der Waals surface area contributed by atoms with Crippen LogP contribution in [0.5, 0.6) is 0 Å². The summed E-state index contributed by atoms with van der Waals surface area (Å²) in [5, 5.41) is 10.6. The number of benzene rings is 1. The summed E-state index contributed by atoms with van der Waals surface area (Å²) in [6, 6.07) is 9.54. The molecule has 0 aliphatic carbocycles. The number of aliphatic hydroxyl groups excluding tert-OH is 1. The number of terminal acetylenes is 1. The molecule has 0 spiro atoms. The van der Waals surface area contributed by atoms with E-state index in [1.165, 1.54) is 7.11 Å². The highest BCUT2D eigenvalue weighted by atomic mass is 16.8. The van der Waals surface area contributed by atoms with Gasteiger partial charge in [-0.15, -0.1) is 6.42 Å². The van der Waals surface area contributed by atoms with E-state index in [1.54, 1.807) is 0 Å². The van der Waals surface area contributed by atoms with Crippen LogP contribution >= 0.6 is 0 Å². The number of methoxy groups -OCH3 is 1. The molecule has 124 valence electrons. The van der Waals surface area contributed by atoms with Gasteiger partial charge in [0.15, 0.2) is 12.6 Å². The van der Waals surface area contributed by atoms with Gasteiger partial charge >= 0.3 is 0 Å². The minimum absolute atomic E-state index is 0.0565. The van der Waals surface area contributed by atoms with Crippen LogP contribution in [-0.2, 0) is 23.7 Å². The predicted molar refractivity (Wildman–Crippen MR) is 80.3 cm³/mol. The summed E-state index contributed by atoms with van der Waals surface area (Å²) in [6.45, 7) is 0.351. The zero-order valence-electron chi connectivity index (χ0n) is 12.8. The van der Waals surface area contributed by atoms with Crippen molar-refractivity contribution < 1.29 is 28.8 Å². The fourth-order valence-corrected chi connectivity index (χ4v) is 2.86. The third-order valence-electron chi connectivity index (χ3n) is 3.97. The average molecular weight is 320 g/mol. The molecular formula is C17H20O6. The van der Waals surface area contributed by atoms with E-state index in [4.69, 9.17) is 30.1 Å². The summed E-state index contributed by atoms with van der Waals surface area (Å²) < 4.78 is 28.1. The highest BCUT2D eigenvalue weighted by Gasteiger charge is 2.50. The Morgan fingerprint density at radius 2 is 2.09 bits per heavy atom. The number of fused-ring (bicyclic) bond motifs is 1. The first-order valence-corrected chi connectivity index (χ1v) is 7.48. The van der Waals surface area contributed by atoms with Gasteiger partial charge in [0.2, 0.25) is 0 Å². The summed E-state index contributed by atoms with van der Waals surface area (Å²) in [4.78, 5) is 0. The van der Waals surface area contributed by atoms with Crippen LogP contribution in [-0.4, -0.2) is 56.1 Å². The quantitative estimate of drug-likeness (QED) is 0.830. The standard InChI is InChI=1S/C17H20O6/c1-3-9-20-15-13(18)14-12(22-17(15)19-2)10-21-16(23-14)11-7-5-4-6-8-11/h1,4-8,12-18H,9-10H2,2H3/t12-,13+,14-,15-,16?,17+/m1/s1. The highest BCUT2D eigenvalue weighted by Crippen LogP contribution is 2.34. The van der Waals surface area contributed by atoms with Crippen LogP contribution in [0, 0.1) is 12.3 Å². The summed E-state index contributed by atoms with van der Waals surface area (Å²) in [5.74, 6) is 2.38. The van der Waals surface area contributed by atoms with E-state index in [2.05, 4.69) is 5.92 Å². The van der Waals surface area contributed by atoms with Gasteiger partial charge in [0.1, 0.15) is 31.0 Å². The molecule has 1 N–H and O–H groups in total. The molecule has 0 amide bonds. The SMILES string of the molecule is C#CCO[C@H]1[C@@H](OC)O[C@@H]2COC(c3ccccc3)O[C@H]2[C@@H]1O. The summed E-state index contributed by atoms with van der Waals surface area (Å²) in [6.07, 6.45) is 1.29. The molecule has 1 aromatic rings. The third kappa shape index (κ3) is 3.40. The number of ether oxygens (including phenoxy) is 5. The second kappa shape index (κ2) is 7.41. The summed E-state index contributed by atoms with van der Waals surface area (Å²) in [5.41, 5.74) is 0.883. The third-order valence-corrected chi connectivity index (χ3v) is 3.97. The Bertz CT molecular complexity index is 542. The lowest BCUT2D eigenvalue weighted by Crippen LogP contribution is -2.62. The lowest BCUT2D eigenvalue weighted by Gasteiger charge is -2.47.